The van der Waals surface area contributed by atoms with Crippen molar-refractivity contribution in [1.29, 1.82) is 0 Å². The average molecular weight is 1020 g/mol. The number of fused-ring (bicyclic) bond motifs is 10. The smallest absolute Gasteiger partial charge is 0.162 e. The topological polar surface area (TPSA) is 113 Å². The Morgan fingerprint density at radius 2 is 1.03 bits per heavy atom. The first-order valence-electron chi connectivity index (χ1n) is 21.9. The van der Waals surface area contributed by atoms with Crippen LogP contribution in [0.4, 0.5) is 22.7 Å². The number of anilines is 4. The zero-order valence-corrected chi connectivity index (χ0v) is 38.4. The Balaban J connectivity index is 0.000000125. The summed E-state index contributed by atoms with van der Waals surface area (Å²) in [7, 11) is 0. The monoisotopic (exact) mass is 1020 g/mol. The van der Waals surface area contributed by atoms with Gasteiger partial charge in [0.25, 0.3) is 0 Å². The van der Waals surface area contributed by atoms with Crippen molar-refractivity contribution in [2.24, 2.45) is 11.8 Å². The second-order valence-electron chi connectivity index (χ2n) is 16.2. The molecule has 2 aliphatic heterocycles. The van der Waals surface area contributed by atoms with Crippen molar-refractivity contribution >= 4 is 93.8 Å². The first kappa shape index (κ1) is 42.5. The maximum Gasteiger partial charge on any atom is 0.162 e. The number of aromatic nitrogens is 2. The summed E-state index contributed by atoms with van der Waals surface area (Å²) in [5, 5.41) is 25.4. The second-order valence-corrected chi connectivity index (χ2v) is 16.2. The van der Waals surface area contributed by atoms with E-state index in [-0.39, 0.29) is 43.5 Å². The van der Waals surface area contributed by atoms with Crippen molar-refractivity contribution in [3.05, 3.63) is 146 Å². The van der Waals surface area contributed by atoms with Crippen molar-refractivity contribution in [2.45, 2.75) is 53.4 Å². The van der Waals surface area contributed by atoms with E-state index in [9.17, 15) is 9.90 Å². The zero-order chi connectivity index (χ0) is 43.2. The molecule has 321 valence electrons. The number of ketones is 1. The third-order valence-corrected chi connectivity index (χ3v) is 12.5. The van der Waals surface area contributed by atoms with Crippen molar-refractivity contribution < 1.29 is 38.8 Å². The van der Waals surface area contributed by atoms with Gasteiger partial charge in [0.15, 0.2) is 5.78 Å². The molecule has 4 aromatic heterocycles. The number of para-hydroxylation sites is 2. The van der Waals surface area contributed by atoms with Gasteiger partial charge in [0, 0.05) is 70.9 Å². The van der Waals surface area contributed by atoms with Gasteiger partial charge in [0.1, 0.15) is 23.7 Å². The fourth-order valence-corrected chi connectivity index (χ4v) is 8.98. The van der Waals surface area contributed by atoms with E-state index < -0.39 is 0 Å². The molecule has 0 saturated carbocycles. The van der Waals surface area contributed by atoms with Crippen LogP contribution in [0.1, 0.15) is 53.4 Å². The molecular formula is C55H46IrN4O4-2. The van der Waals surface area contributed by atoms with E-state index in [0.29, 0.717) is 0 Å². The van der Waals surface area contributed by atoms with Crippen LogP contribution in [0.5, 0.6) is 0 Å². The van der Waals surface area contributed by atoms with Crippen LogP contribution in [0.2, 0.25) is 0 Å². The van der Waals surface area contributed by atoms with E-state index in [4.69, 9.17) is 18.8 Å². The predicted molar refractivity (Wildman–Crippen MR) is 257 cm³/mol. The number of carbonyl (C=O) groups excluding carboxylic acids is 1. The number of nitrogens with zero attached hydrogens (tertiary/aromatic N) is 2. The molecule has 0 saturated heterocycles. The summed E-state index contributed by atoms with van der Waals surface area (Å²) in [6, 6.07) is 44.1. The number of hydrogen-bond acceptors (Lipinski definition) is 8. The van der Waals surface area contributed by atoms with E-state index in [2.05, 4.69) is 59.2 Å². The van der Waals surface area contributed by atoms with Gasteiger partial charge in [-0.05, 0) is 61.3 Å². The number of aliphatic hydroxyl groups is 1. The van der Waals surface area contributed by atoms with Gasteiger partial charge in [-0.1, -0.05) is 122 Å². The molecule has 3 N–H and O–H groups in total. The van der Waals surface area contributed by atoms with Crippen LogP contribution in [0.25, 0.3) is 87.8 Å². The number of benzene rings is 6. The molecule has 0 bridgehead atoms. The van der Waals surface area contributed by atoms with E-state index in [1.165, 1.54) is 6.08 Å². The third-order valence-electron chi connectivity index (χ3n) is 12.5. The Morgan fingerprint density at radius 1 is 0.609 bits per heavy atom. The molecule has 0 spiro atoms. The van der Waals surface area contributed by atoms with E-state index >= 15 is 0 Å². The van der Waals surface area contributed by atoms with Crippen molar-refractivity contribution in [1.82, 2.24) is 9.97 Å². The summed E-state index contributed by atoms with van der Waals surface area (Å²) in [6.45, 7) is 8.07. The van der Waals surface area contributed by atoms with Crippen LogP contribution < -0.4 is 10.6 Å². The van der Waals surface area contributed by atoms with Crippen molar-refractivity contribution in [3.8, 4) is 22.5 Å². The van der Waals surface area contributed by atoms with Crippen molar-refractivity contribution in [3.63, 3.8) is 0 Å². The first-order valence-corrected chi connectivity index (χ1v) is 21.9. The molecule has 1 radical (unpaired) electrons. The minimum absolute atomic E-state index is 0. The zero-order valence-electron chi connectivity index (χ0n) is 36.0. The first-order chi connectivity index (χ1) is 30.9. The molecule has 0 aliphatic carbocycles. The summed E-state index contributed by atoms with van der Waals surface area (Å²) in [5.74, 6) is 0.547. The number of nitrogens with one attached hydrogen (secondary N) is 2. The second kappa shape index (κ2) is 17.8. The molecule has 12 rings (SSSR count). The number of furan rings is 2. The van der Waals surface area contributed by atoms with Crippen LogP contribution in [0, 0.1) is 24.0 Å². The molecule has 10 aromatic rings. The molecule has 6 aromatic carbocycles. The summed E-state index contributed by atoms with van der Waals surface area (Å²) in [5.41, 5.74) is 11.5. The van der Waals surface area contributed by atoms with Gasteiger partial charge in [-0.15, -0.1) is 35.0 Å². The Kier molecular flexibility index (Phi) is 11.8. The quantitative estimate of drug-likeness (QED) is 0.0822. The minimum atomic E-state index is 0. The number of carbonyl (C=O) groups is 1. The fourth-order valence-electron chi connectivity index (χ4n) is 8.98. The summed E-state index contributed by atoms with van der Waals surface area (Å²) < 4.78 is 11.8. The van der Waals surface area contributed by atoms with Crippen LogP contribution in [-0.2, 0) is 24.9 Å². The average Bonchev–Trinajstić information content (AvgIpc) is 3.95. The van der Waals surface area contributed by atoms with E-state index in [1.807, 2.05) is 100 Å². The van der Waals surface area contributed by atoms with Crippen molar-refractivity contribution in [2.75, 3.05) is 10.6 Å². The number of rotatable bonds is 7. The number of allylic oxidation sites excluding steroid dienone is 2. The third kappa shape index (κ3) is 7.48. The normalized spacial score (nSPS) is 12.3. The van der Waals surface area contributed by atoms with E-state index in [0.717, 1.165) is 136 Å². The molecule has 8 nitrogen and oxygen atoms in total. The Morgan fingerprint density at radius 3 is 1.48 bits per heavy atom. The van der Waals surface area contributed by atoms with Gasteiger partial charge in [-0.25, -0.2) is 0 Å². The van der Waals surface area contributed by atoms with Gasteiger partial charge in [0.05, 0.1) is 28.2 Å². The van der Waals surface area contributed by atoms with Gasteiger partial charge < -0.3 is 24.6 Å². The van der Waals surface area contributed by atoms with Crippen LogP contribution in [0.3, 0.4) is 0 Å². The van der Waals surface area contributed by atoms with Gasteiger partial charge >= 0.3 is 0 Å². The molecule has 0 atom stereocenters. The summed E-state index contributed by atoms with van der Waals surface area (Å²) in [6.07, 6.45) is 8.46. The van der Waals surface area contributed by atoms with Crippen LogP contribution in [-0.4, -0.2) is 20.9 Å². The molecule has 0 unspecified atom stereocenters. The van der Waals surface area contributed by atoms with Gasteiger partial charge in [-0.2, -0.15) is 0 Å². The molecule has 6 heterocycles. The molecular weight excluding hydrogens is 973 g/mol. The van der Waals surface area contributed by atoms with Gasteiger partial charge in [-0.3, -0.25) is 14.8 Å². The van der Waals surface area contributed by atoms with E-state index in [1.54, 1.807) is 12.5 Å². The standard InChI is InChI=1S/2C21H11N2O.C13H24O2.Ir/c2*1-2-6-13-10-17-15(9-12(13)5-1)20-19-18(22-17)11-24-21(19)14-7-3-4-8-16(14)23-20;1-5-10(6-2)12(14)9-13(15)11(7-3)8-4;/h2*1-8,10-11,22H;9-11,14H,5-8H2,1-4H3;/q2*-1;;/b;;12-9-;. The maximum atomic E-state index is 11.7. The summed E-state index contributed by atoms with van der Waals surface area (Å²) >= 11 is 0. The largest absolute Gasteiger partial charge is 0.512 e. The summed E-state index contributed by atoms with van der Waals surface area (Å²) in [4.78, 5) is 21.6. The molecule has 0 amide bonds. The fraction of sp³-hybridized carbons (Fsp3) is 0.182. The SMILES string of the molecule is CCC(CC)C(=O)/C=C(\O)C(CC)CC.[Ir].[c-]1c2c(cc3ccccc13)Nc1coc3c1c-2nc1ccccc13.[c-]1c2c(cc3ccccc13)Nc1coc3c1c-2nc1ccccc13. The maximum absolute atomic E-state index is 11.7. The Hall–Kier alpha value is -6.80. The Labute approximate surface area is 384 Å². The number of aliphatic hydroxyl groups excluding tert-OH is 1. The minimum Gasteiger partial charge on any atom is -0.512 e. The Bertz CT molecular complexity index is 3210. The molecule has 0 fully saturated rings. The number of pyridine rings is 2. The van der Waals surface area contributed by atoms with Crippen LogP contribution in [0.15, 0.2) is 142 Å². The molecule has 9 heteroatoms. The van der Waals surface area contributed by atoms with Gasteiger partial charge in [0.2, 0.25) is 0 Å². The molecule has 2 aliphatic rings. The van der Waals surface area contributed by atoms with Crippen LogP contribution >= 0.6 is 0 Å². The predicted octanol–water partition coefficient (Wildman–Crippen LogP) is 15.2. The molecule has 64 heavy (non-hydrogen) atoms. The number of hydrogen-bond donors (Lipinski definition) is 3.